The van der Waals surface area contributed by atoms with E-state index in [0.717, 1.165) is 19.3 Å². The molecule has 3 heteroatoms. The lowest BCUT2D eigenvalue weighted by Gasteiger charge is -2.35. The average Bonchev–Trinajstić information content (AvgIpc) is 2.32. The first-order valence-corrected chi connectivity index (χ1v) is 6.73. The molecule has 4 atom stereocenters. The van der Waals surface area contributed by atoms with Crippen molar-refractivity contribution in [2.75, 3.05) is 7.11 Å². The van der Waals surface area contributed by atoms with E-state index in [-0.39, 0.29) is 6.04 Å². The maximum atomic E-state index is 6.17. The van der Waals surface area contributed by atoms with Crippen LogP contribution >= 0.6 is 0 Å². The fourth-order valence-electron chi connectivity index (χ4n) is 2.98. The molecule has 2 saturated carbocycles. The quantitative estimate of drug-likeness (QED) is 0.804. The molecule has 3 nitrogen and oxygen atoms in total. The number of rotatable bonds is 3. The normalized spacial score (nSPS) is 40.9. The molecule has 94 valence electrons. The Bertz CT molecular complexity index is 210. The molecule has 0 amide bonds. The molecule has 16 heavy (non-hydrogen) atoms. The molecule has 0 spiro atoms. The summed E-state index contributed by atoms with van der Waals surface area (Å²) in [5.74, 6) is 0. The number of nitrogens with two attached hydrogens (primary N) is 1. The molecule has 0 heterocycles. The van der Waals surface area contributed by atoms with E-state index < -0.39 is 0 Å². The van der Waals surface area contributed by atoms with Gasteiger partial charge in [-0.25, -0.2) is 0 Å². The summed E-state index contributed by atoms with van der Waals surface area (Å²) in [7, 11) is 1.80. The van der Waals surface area contributed by atoms with E-state index in [1.807, 2.05) is 0 Å². The van der Waals surface area contributed by atoms with Crippen LogP contribution in [0.5, 0.6) is 0 Å². The summed E-state index contributed by atoms with van der Waals surface area (Å²) < 4.78 is 11.6. The van der Waals surface area contributed by atoms with E-state index >= 15 is 0 Å². The third kappa shape index (κ3) is 3.19. The monoisotopic (exact) mass is 227 g/mol. The largest absolute Gasteiger partial charge is 0.381 e. The Hall–Kier alpha value is -0.120. The summed E-state index contributed by atoms with van der Waals surface area (Å²) in [6.45, 7) is 0. The molecule has 0 aliphatic heterocycles. The molecule has 0 aromatic carbocycles. The van der Waals surface area contributed by atoms with Crippen molar-refractivity contribution in [2.45, 2.75) is 75.7 Å². The SMILES string of the molecule is COC1CCCC(OC2CCCCC2N)C1. The van der Waals surface area contributed by atoms with Crippen LogP contribution in [0.25, 0.3) is 0 Å². The van der Waals surface area contributed by atoms with Crippen molar-refractivity contribution in [2.24, 2.45) is 5.73 Å². The number of hydrogen-bond acceptors (Lipinski definition) is 3. The Morgan fingerprint density at radius 1 is 0.938 bits per heavy atom. The molecule has 0 aromatic heterocycles. The minimum absolute atomic E-state index is 0.261. The fraction of sp³-hybridized carbons (Fsp3) is 1.00. The summed E-state index contributed by atoms with van der Waals surface area (Å²) >= 11 is 0. The van der Waals surface area contributed by atoms with Gasteiger partial charge in [0.15, 0.2) is 0 Å². The molecule has 0 saturated heterocycles. The van der Waals surface area contributed by atoms with Gasteiger partial charge in [0.05, 0.1) is 18.3 Å². The summed E-state index contributed by atoms with van der Waals surface area (Å²) in [6, 6.07) is 0.261. The Labute approximate surface area is 98.7 Å². The van der Waals surface area contributed by atoms with Crippen molar-refractivity contribution in [3.05, 3.63) is 0 Å². The van der Waals surface area contributed by atoms with Crippen LogP contribution in [0.3, 0.4) is 0 Å². The van der Waals surface area contributed by atoms with Crippen LogP contribution in [0.2, 0.25) is 0 Å². The van der Waals surface area contributed by atoms with Crippen molar-refractivity contribution < 1.29 is 9.47 Å². The van der Waals surface area contributed by atoms with Crippen LogP contribution in [0.1, 0.15) is 51.4 Å². The van der Waals surface area contributed by atoms with Gasteiger partial charge in [-0.1, -0.05) is 12.8 Å². The van der Waals surface area contributed by atoms with Crippen molar-refractivity contribution in [1.29, 1.82) is 0 Å². The molecular formula is C13H25NO2. The maximum Gasteiger partial charge on any atom is 0.0729 e. The van der Waals surface area contributed by atoms with Crippen LogP contribution in [-0.2, 0) is 9.47 Å². The minimum Gasteiger partial charge on any atom is -0.381 e. The molecule has 4 unspecified atom stereocenters. The zero-order valence-corrected chi connectivity index (χ0v) is 10.4. The second-order valence-electron chi connectivity index (χ2n) is 5.27. The average molecular weight is 227 g/mol. The molecular weight excluding hydrogens is 202 g/mol. The summed E-state index contributed by atoms with van der Waals surface area (Å²) in [5.41, 5.74) is 6.11. The lowest BCUT2D eigenvalue weighted by atomic mass is 9.91. The number of methoxy groups -OCH3 is 1. The second kappa shape index (κ2) is 5.99. The third-order valence-electron chi connectivity index (χ3n) is 4.03. The van der Waals surface area contributed by atoms with E-state index in [4.69, 9.17) is 15.2 Å². The van der Waals surface area contributed by atoms with Crippen molar-refractivity contribution in [1.82, 2.24) is 0 Å². The number of ether oxygens (including phenoxy) is 2. The van der Waals surface area contributed by atoms with E-state index in [9.17, 15) is 0 Å². The van der Waals surface area contributed by atoms with Crippen LogP contribution in [0, 0.1) is 0 Å². The van der Waals surface area contributed by atoms with Gasteiger partial charge in [0, 0.05) is 13.2 Å². The predicted octanol–water partition coefficient (Wildman–Crippen LogP) is 2.23. The van der Waals surface area contributed by atoms with Gasteiger partial charge in [0.25, 0.3) is 0 Å². The van der Waals surface area contributed by atoms with Gasteiger partial charge >= 0.3 is 0 Å². The van der Waals surface area contributed by atoms with Gasteiger partial charge in [0.1, 0.15) is 0 Å². The predicted molar refractivity (Wildman–Crippen MR) is 64.4 cm³/mol. The Balaban J connectivity index is 1.79. The Morgan fingerprint density at radius 2 is 1.69 bits per heavy atom. The smallest absolute Gasteiger partial charge is 0.0729 e. The summed E-state index contributed by atoms with van der Waals surface area (Å²) in [6.07, 6.45) is 10.6. The maximum absolute atomic E-state index is 6.17. The topological polar surface area (TPSA) is 44.5 Å². The van der Waals surface area contributed by atoms with Gasteiger partial charge in [-0.2, -0.15) is 0 Å². The molecule has 2 N–H and O–H groups in total. The molecule has 2 rings (SSSR count). The molecule has 2 aliphatic rings. The zero-order chi connectivity index (χ0) is 11.4. The van der Waals surface area contributed by atoms with Crippen LogP contribution < -0.4 is 5.73 Å². The molecule has 0 aromatic rings. The van der Waals surface area contributed by atoms with E-state index in [0.29, 0.717) is 18.3 Å². The molecule has 0 bridgehead atoms. The first-order valence-electron chi connectivity index (χ1n) is 6.73. The first kappa shape index (κ1) is 12.3. The molecule has 2 aliphatic carbocycles. The fourth-order valence-corrected chi connectivity index (χ4v) is 2.98. The summed E-state index contributed by atoms with van der Waals surface area (Å²) in [5, 5.41) is 0. The molecule has 2 fully saturated rings. The highest BCUT2D eigenvalue weighted by atomic mass is 16.5. The Morgan fingerprint density at radius 3 is 2.44 bits per heavy atom. The highest BCUT2D eigenvalue weighted by Gasteiger charge is 2.28. The Kier molecular flexibility index (Phi) is 4.62. The lowest BCUT2D eigenvalue weighted by Crippen LogP contribution is -2.42. The zero-order valence-electron chi connectivity index (χ0n) is 10.4. The van der Waals surface area contributed by atoms with Gasteiger partial charge in [-0.3, -0.25) is 0 Å². The van der Waals surface area contributed by atoms with Crippen LogP contribution in [0.4, 0.5) is 0 Å². The number of hydrogen-bond donors (Lipinski definition) is 1. The van der Waals surface area contributed by atoms with Crippen molar-refractivity contribution >= 4 is 0 Å². The lowest BCUT2D eigenvalue weighted by molar-refractivity contribution is -0.0810. The second-order valence-corrected chi connectivity index (χ2v) is 5.27. The van der Waals surface area contributed by atoms with Crippen LogP contribution in [0.15, 0.2) is 0 Å². The van der Waals surface area contributed by atoms with E-state index in [1.165, 1.54) is 32.1 Å². The summed E-state index contributed by atoms with van der Waals surface area (Å²) in [4.78, 5) is 0. The van der Waals surface area contributed by atoms with Crippen molar-refractivity contribution in [3.63, 3.8) is 0 Å². The van der Waals surface area contributed by atoms with E-state index in [2.05, 4.69) is 0 Å². The molecule has 0 radical (unpaired) electrons. The minimum atomic E-state index is 0.261. The van der Waals surface area contributed by atoms with Gasteiger partial charge in [-0.05, 0) is 38.5 Å². The first-order chi connectivity index (χ1) is 7.79. The van der Waals surface area contributed by atoms with Gasteiger partial charge in [0.2, 0.25) is 0 Å². The van der Waals surface area contributed by atoms with Gasteiger partial charge < -0.3 is 15.2 Å². The van der Waals surface area contributed by atoms with E-state index in [1.54, 1.807) is 7.11 Å². The van der Waals surface area contributed by atoms with Gasteiger partial charge in [-0.15, -0.1) is 0 Å². The van der Waals surface area contributed by atoms with Crippen molar-refractivity contribution in [3.8, 4) is 0 Å². The van der Waals surface area contributed by atoms with Crippen LogP contribution in [-0.4, -0.2) is 31.5 Å². The third-order valence-corrected chi connectivity index (χ3v) is 4.03. The standard InChI is InChI=1S/C13H25NO2/c1-15-10-5-4-6-11(9-10)16-13-8-3-2-7-12(13)14/h10-13H,2-9,14H2,1H3. The highest BCUT2D eigenvalue weighted by molar-refractivity contribution is 4.82. The highest BCUT2D eigenvalue weighted by Crippen LogP contribution is 2.28.